The molecule has 1 aliphatic rings. The molecule has 0 spiro atoms. The van der Waals surface area contributed by atoms with E-state index in [-0.39, 0.29) is 24.7 Å². The van der Waals surface area contributed by atoms with Gasteiger partial charge in [0.25, 0.3) is 5.69 Å². The highest BCUT2D eigenvalue weighted by molar-refractivity contribution is 5.88. The average Bonchev–Trinajstić information content (AvgIpc) is 3.30. The number of ether oxygens (including phenoxy) is 3. The van der Waals surface area contributed by atoms with Gasteiger partial charge >= 0.3 is 5.97 Å². The summed E-state index contributed by atoms with van der Waals surface area (Å²) in [6, 6.07) is 6.57. The molecule has 0 bridgehead atoms. The number of nitrogens with zero attached hydrogens (tertiary/aromatic N) is 3. The Hall–Kier alpha value is -3.88. The fraction of sp³-hybridized carbons (Fsp3) is 0.158. The third-order valence-corrected chi connectivity index (χ3v) is 4.21. The van der Waals surface area contributed by atoms with Crippen LogP contribution in [0, 0.1) is 17.0 Å². The van der Waals surface area contributed by atoms with E-state index >= 15 is 0 Å². The molecular formula is C19H15N3O6. The minimum absolute atomic E-state index is 0.000182. The third-order valence-electron chi connectivity index (χ3n) is 4.21. The van der Waals surface area contributed by atoms with Gasteiger partial charge in [-0.3, -0.25) is 10.1 Å². The maximum absolute atomic E-state index is 12.0. The monoisotopic (exact) mass is 381 g/mol. The van der Waals surface area contributed by atoms with Gasteiger partial charge in [-0.15, -0.1) is 0 Å². The first-order valence-corrected chi connectivity index (χ1v) is 8.37. The number of hydrogen-bond donors (Lipinski definition) is 0. The van der Waals surface area contributed by atoms with Gasteiger partial charge in [0.05, 0.1) is 22.2 Å². The number of nitro benzene ring substituents is 1. The summed E-state index contributed by atoms with van der Waals surface area (Å²) in [6.45, 7) is 1.94. The third kappa shape index (κ3) is 3.37. The number of rotatable bonds is 5. The van der Waals surface area contributed by atoms with Crippen molar-refractivity contribution in [2.45, 2.75) is 13.5 Å². The summed E-state index contributed by atoms with van der Waals surface area (Å²) < 4.78 is 17.4. The van der Waals surface area contributed by atoms with Crippen LogP contribution < -0.4 is 9.47 Å². The van der Waals surface area contributed by atoms with Gasteiger partial charge in [0, 0.05) is 18.5 Å². The van der Waals surface area contributed by atoms with Crippen LogP contribution in [0.4, 0.5) is 5.69 Å². The number of hydrogen-bond acceptors (Lipinski definition) is 7. The minimum Gasteiger partial charge on any atom is -0.456 e. The molecule has 3 heterocycles. The predicted octanol–water partition coefficient (Wildman–Crippen LogP) is 3.04. The number of fused-ring (bicyclic) bond motifs is 2. The van der Waals surface area contributed by atoms with Crippen molar-refractivity contribution in [3.63, 3.8) is 0 Å². The normalized spacial score (nSPS) is 12.6. The largest absolute Gasteiger partial charge is 0.456 e. The van der Waals surface area contributed by atoms with Gasteiger partial charge in [0.1, 0.15) is 12.3 Å². The van der Waals surface area contributed by atoms with E-state index in [1.54, 1.807) is 6.20 Å². The van der Waals surface area contributed by atoms with E-state index in [1.165, 1.54) is 18.2 Å². The van der Waals surface area contributed by atoms with Crippen molar-refractivity contribution in [1.29, 1.82) is 0 Å². The molecule has 0 amide bonds. The lowest BCUT2D eigenvalue weighted by atomic mass is 10.1. The highest BCUT2D eigenvalue weighted by Gasteiger charge is 2.22. The maximum Gasteiger partial charge on any atom is 0.331 e. The van der Waals surface area contributed by atoms with E-state index in [2.05, 4.69) is 4.98 Å². The maximum atomic E-state index is 12.0. The Morgan fingerprint density at radius 2 is 2.18 bits per heavy atom. The molecule has 3 aromatic rings. The van der Waals surface area contributed by atoms with Gasteiger partial charge in [0.2, 0.25) is 6.79 Å². The zero-order valence-corrected chi connectivity index (χ0v) is 14.8. The molecule has 1 aliphatic heterocycles. The number of nitro groups is 1. The Morgan fingerprint density at radius 3 is 2.93 bits per heavy atom. The molecule has 4 rings (SSSR count). The number of carbonyl (C=O) groups is 1. The van der Waals surface area contributed by atoms with Gasteiger partial charge in [-0.1, -0.05) is 6.07 Å². The minimum atomic E-state index is -0.638. The second-order valence-corrected chi connectivity index (χ2v) is 6.12. The molecule has 0 aliphatic carbocycles. The molecule has 28 heavy (non-hydrogen) atoms. The molecule has 0 N–H and O–H groups in total. The number of pyridine rings is 1. The lowest BCUT2D eigenvalue weighted by Gasteiger charge is -2.01. The van der Waals surface area contributed by atoms with Crippen molar-refractivity contribution >= 4 is 23.4 Å². The fourth-order valence-electron chi connectivity index (χ4n) is 2.86. The molecule has 0 saturated carbocycles. The van der Waals surface area contributed by atoms with Gasteiger partial charge < -0.3 is 18.6 Å². The number of esters is 1. The quantitative estimate of drug-likeness (QED) is 0.289. The van der Waals surface area contributed by atoms with E-state index in [4.69, 9.17) is 14.2 Å². The van der Waals surface area contributed by atoms with Gasteiger partial charge in [-0.05, 0) is 30.7 Å². The second kappa shape index (κ2) is 7.03. The predicted molar refractivity (Wildman–Crippen MR) is 98.0 cm³/mol. The van der Waals surface area contributed by atoms with Crippen molar-refractivity contribution in [3.05, 3.63) is 69.7 Å². The van der Waals surface area contributed by atoms with Crippen molar-refractivity contribution in [2.75, 3.05) is 6.79 Å². The molecule has 0 fully saturated rings. The Morgan fingerprint density at radius 1 is 1.39 bits per heavy atom. The average molecular weight is 381 g/mol. The highest BCUT2D eigenvalue weighted by Crippen LogP contribution is 2.38. The first-order valence-electron chi connectivity index (χ1n) is 8.37. The summed E-state index contributed by atoms with van der Waals surface area (Å²) in [5.74, 6) is 0.0491. The smallest absolute Gasteiger partial charge is 0.331 e. The number of aromatic nitrogens is 2. The SMILES string of the molecule is Cc1cccn2cc(COC(=O)/C=C/c3cc4c(cc3[N+](=O)[O-])OCO4)nc12. The Balaban J connectivity index is 1.47. The molecule has 0 radical (unpaired) electrons. The van der Waals surface area contributed by atoms with Crippen LogP contribution in [0.15, 0.2) is 42.7 Å². The van der Waals surface area contributed by atoms with Crippen LogP contribution in [0.5, 0.6) is 11.5 Å². The van der Waals surface area contributed by atoms with Crippen LogP contribution in [0.3, 0.4) is 0 Å². The molecule has 1 aromatic carbocycles. The number of carbonyl (C=O) groups excluding carboxylic acids is 1. The summed E-state index contributed by atoms with van der Waals surface area (Å²) in [5.41, 5.74) is 2.43. The lowest BCUT2D eigenvalue weighted by Crippen LogP contribution is -2.01. The highest BCUT2D eigenvalue weighted by atomic mass is 16.7. The number of imidazole rings is 1. The molecular weight excluding hydrogens is 366 g/mol. The summed E-state index contributed by atoms with van der Waals surface area (Å²) in [4.78, 5) is 27.1. The zero-order chi connectivity index (χ0) is 19.7. The first kappa shape index (κ1) is 17.5. The van der Waals surface area contributed by atoms with Gasteiger partial charge in [-0.25, -0.2) is 9.78 Å². The van der Waals surface area contributed by atoms with Crippen LogP contribution in [0.25, 0.3) is 11.7 Å². The van der Waals surface area contributed by atoms with Crippen LogP contribution >= 0.6 is 0 Å². The topological polar surface area (TPSA) is 105 Å². The molecule has 9 heteroatoms. The summed E-state index contributed by atoms with van der Waals surface area (Å²) in [6.07, 6.45) is 6.09. The number of aryl methyl sites for hydroxylation is 1. The van der Waals surface area contributed by atoms with E-state index in [9.17, 15) is 14.9 Å². The second-order valence-electron chi connectivity index (χ2n) is 6.12. The molecule has 0 atom stereocenters. The molecule has 142 valence electrons. The lowest BCUT2D eigenvalue weighted by molar-refractivity contribution is -0.385. The zero-order valence-electron chi connectivity index (χ0n) is 14.8. The molecule has 0 unspecified atom stereocenters. The van der Waals surface area contributed by atoms with Crippen molar-refractivity contribution in [2.24, 2.45) is 0 Å². The van der Waals surface area contributed by atoms with E-state index < -0.39 is 10.9 Å². The number of benzene rings is 1. The standard InChI is InChI=1S/C19H15N3O6/c1-12-3-2-6-21-9-14(20-19(12)21)10-26-18(23)5-4-13-7-16-17(28-11-27-16)8-15(13)22(24)25/h2-9H,10-11H2,1H3/b5-4+. The summed E-state index contributed by atoms with van der Waals surface area (Å²) in [5, 5.41) is 11.2. The first-order chi connectivity index (χ1) is 13.5. The van der Waals surface area contributed by atoms with Gasteiger partial charge in [-0.2, -0.15) is 0 Å². The fourth-order valence-corrected chi connectivity index (χ4v) is 2.86. The van der Waals surface area contributed by atoms with Crippen molar-refractivity contribution in [1.82, 2.24) is 9.38 Å². The van der Waals surface area contributed by atoms with E-state index in [1.807, 2.05) is 29.7 Å². The summed E-state index contributed by atoms with van der Waals surface area (Å²) in [7, 11) is 0. The molecule has 0 saturated heterocycles. The van der Waals surface area contributed by atoms with Crippen LogP contribution in [-0.2, 0) is 16.1 Å². The van der Waals surface area contributed by atoms with Crippen LogP contribution in [0.1, 0.15) is 16.8 Å². The van der Waals surface area contributed by atoms with Crippen LogP contribution in [-0.4, -0.2) is 27.1 Å². The van der Waals surface area contributed by atoms with Crippen molar-refractivity contribution in [3.8, 4) is 11.5 Å². The van der Waals surface area contributed by atoms with Crippen LogP contribution in [0.2, 0.25) is 0 Å². The van der Waals surface area contributed by atoms with Crippen molar-refractivity contribution < 1.29 is 23.9 Å². The molecule has 2 aromatic heterocycles. The Labute approximate surface area is 158 Å². The molecule has 9 nitrogen and oxygen atoms in total. The van der Waals surface area contributed by atoms with E-state index in [0.29, 0.717) is 17.2 Å². The Kier molecular flexibility index (Phi) is 4.40. The van der Waals surface area contributed by atoms with E-state index in [0.717, 1.165) is 17.3 Å². The van der Waals surface area contributed by atoms with Gasteiger partial charge in [0.15, 0.2) is 11.5 Å². The Bertz CT molecular complexity index is 1120. The summed E-state index contributed by atoms with van der Waals surface area (Å²) >= 11 is 0.